The van der Waals surface area contributed by atoms with Gasteiger partial charge in [-0.3, -0.25) is 9.69 Å². The molecule has 0 radical (unpaired) electrons. The number of nitrogens with one attached hydrogen (secondary N) is 1. The molecule has 0 saturated carbocycles. The summed E-state index contributed by atoms with van der Waals surface area (Å²) in [6.45, 7) is 11.0. The lowest BCUT2D eigenvalue weighted by Crippen LogP contribution is -2.55. The average molecular weight is 244 g/mol. The zero-order valence-electron chi connectivity index (χ0n) is 11.6. The lowest BCUT2D eigenvalue weighted by molar-refractivity contribution is -0.130. The Morgan fingerprint density at radius 2 is 2.00 bits per heavy atom. The van der Waals surface area contributed by atoms with Crippen molar-refractivity contribution in [2.24, 2.45) is 5.41 Å². The van der Waals surface area contributed by atoms with Crippen molar-refractivity contribution in [1.29, 1.82) is 0 Å². The summed E-state index contributed by atoms with van der Waals surface area (Å²) < 4.78 is 14.0. The molecule has 1 aliphatic rings. The third-order valence-electron chi connectivity index (χ3n) is 3.30. The fourth-order valence-electron chi connectivity index (χ4n) is 1.94. The van der Waals surface area contributed by atoms with E-state index in [9.17, 15) is 9.18 Å². The second kappa shape index (κ2) is 5.34. The third-order valence-corrected chi connectivity index (χ3v) is 3.30. The summed E-state index contributed by atoms with van der Waals surface area (Å²) in [6, 6.07) is 0.0456. The van der Waals surface area contributed by atoms with E-state index in [0.29, 0.717) is 19.0 Å². The number of likely N-dealkylation sites (tertiary alicyclic amines) is 1. The molecule has 3 nitrogen and oxygen atoms in total. The highest BCUT2D eigenvalue weighted by molar-refractivity contribution is 5.81. The number of carbonyl (C=O) groups is 1. The summed E-state index contributed by atoms with van der Waals surface area (Å²) >= 11 is 0. The van der Waals surface area contributed by atoms with Crippen molar-refractivity contribution in [3.63, 3.8) is 0 Å². The Morgan fingerprint density at radius 1 is 1.41 bits per heavy atom. The molecular formula is C13H25FN2O. The van der Waals surface area contributed by atoms with Crippen LogP contribution in [0.3, 0.4) is 0 Å². The summed E-state index contributed by atoms with van der Waals surface area (Å²) in [7, 11) is 0. The first-order valence-corrected chi connectivity index (χ1v) is 6.41. The Balaban J connectivity index is 2.51. The van der Waals surface area contributed by atoms with Crippen molar-refractivity contribution >= 4 is 5.91 Å². The fourth-order valence-corrected chi connectivity index (χ4v) is 1.94. The molecule has 1 N–H and O–H groups in total. The molecule has 0 aromatic heterocycles. The molecule has 17 heavy (non-hydrogen) atoms. The van der Waals surface area contributed by atoms with E-state index in [1.54, 1.807) is 0 Å². The maximum atomic E-state index is 14.0. The molecular weight excluding hydrogens is 219 g/mol. The van der Waals surface area contributed by atoms with Crippen molar-refractivity contribution in [3.8, 4) is 0 Å². The van der Waals surface area contributed by atoms with E-state index in [-0.39, 0.29) is 11.9 Å². The monoisotopic (exact) mass is 244 g/mol. The second-order valence-corrected chi connectivity index (χ2v) is 6.22. The van der Waals surface area contributed by atoms with E-state index in [1.807, 2.05) is 20.8 Å². The minimum absolute atomic E-state index is 0.0665. The van der Waals surface area contributed by atoms with Crippen molar-refractivity contribution in [1.82, 2.24) is 10.2 Å². The van der Waals surface area contributed by atoms with Crippen LogP contribution in [-0.4, -0.2) is 42.2 Å². The summed E-state index contributed by atoms with van der Waals surface area (Å²) in [5.74, 6) is -0.0665. The summed E-state index contributed by atoms with van der Waals surface area (Å²) in [5, 5.41) is 2.83. The first-order chi connectivity index (χ1) is 7.71. The number of hydrogen-bond donors (Lipinski definition) is 1. The lowest BCUT2D eigenvalue weighted by Gasteiger charge is -2.38. The molecule has 1 rings (SSSR count). The van der Waals surface area contributed by atoms with Crippen LogP contribution in [0.5, 0.6) is 0 Å². The minimum Gasteiger partial charge on any atom is -0.350 e. The van der Waals surface area contributed by atoms with Crippen LogP contribution < -0.4 is 5.32 Å². The normalized spacial score (nSPS) is 27.2. The van der Waals surface area contributed by atoms with Crippen molar-refractivity contribution < 1.29 is 9.18 Å². The van der Waals surface area contributed by atoms with Gasteiger partial charge in [0.25, 0.3) is 0 Å². The number of hydrogen-bond acceptors (Lipinski definition) is 2. The van der Waals surface area contributed by atoms with Gasteiger partial charge in [0.2, 0.25) is 5.91 Å². The highest BCUT2D eigenvalue weighted by atomic mass is 19.1. The highest BCUT2D eigenvalue weighted by Gasteiger charge is 2.33. The molecule has 1 heterocycles. The van der Waals surface area contributed by atoms with Crippen LogP contribution in [0.1, 0.15) is 41.0 Å². The summed E-state index contributed by atoms with van der Waals surface area (Å²) in [6.07, 6.45) is -0.265. The SMILES string of the molecule is CC(C)N1CC[C@@H](NC(=O)C(C)(C)C)[C@H](F)C1. The van der Waals surface area contributed by atoms with Gasteiger partial charge in [-0.15, -0.1) is 0 Å². The lowest BCUT2D eigenvalue weighted by atomic mass is 9.93. The molecule has 0 spiro atoms. The van der Waals surface area contributed by atoms with Gasteiger partial charge in [0.05, 0.1) is 6.04 Å². The average Bonchev–Trinajstić information content (AvgIpc) is 2.19. The standard InChI is InChI=1S/C13H25FN2O/c1-9(2)16-7-6-11(10(14)8-16)15-12(17)13(3,4)5/h9-11H,6-8H2,1-5H3,(H,15,17)/t10-,11-/m1/s1. The number of piperidine rings is 1. The van der Waals surface area contributed by atoms with E-state index in [2.05, 4.69) is 24.1 Å². The Labute approximate surface area is 104 Å². The molecule has 1 aliphatic heterocycles. The Kier molecular flexibility index (Phi) is 4.53. The zero-order chi connectivity index (χ0) is 13.2. The Morgan fingerprint density at radius 3 is 2.41 bits per heavy atom. The largest absolute Gasteiger partial charge is 0.350 e. The second-order valence-electron chi connectivity index (χ2n) is 6.22. The van der Waals surface area contributed by atoms with Gasteiger partial charge in [0.15, 0.2) is 0 Å². The van der Waals surface area contributed by atoms with E-state index in [0.717, 1.165) is 6.54 Å². The summed E-state index contributed by atoms with van der Waals surface area (Å²) in [4.78, 5) is 13.9. The number of amides is 1. The molecule has 0 aromatic rings. The van der Waals surface area contributed by atoms with E-state index < -0.39 is 11.6 Å². The van der Waals surface area contributed by atoms with Gasteiger partial charge in [-0.2, -0.15) is 0 Å². The van der Waals surface area contributed by atoms with Crippen molar-refractivity contribution in [2.45, 2.75) is 59.3 Å². The number of rotatable bonds is 2. The van der Waals surface area contributed by atoms with Crippen LogP contribution in [-0.2, 0) is 4.79 Å². The first-order valence-electron chi connectivity index (χ1n) is 6.41. The zero-order valence-corrected chi connectivity index (χ0v) is 11.6. The summed E-state index contributed by atoms with van der Waals surface area (Å²) in [5.41, 5.74) is -0.450. The van der Waals surface area contributed by atoms with Crippen LogP contribution in [0.15, 0.2) is 0 Å². The van der Waals surface area contributed by atoms with Gasteiger partial charge in [-0.1, -0.05) is 20.8 Å². The topological polar surface area (TPSA) is 32.3 Å². The van der Waals surface area contributed by atoms with Gasteiger partial charge in [-0.25, -0.2) is 4.39 Å². The smallest absolute Gasteiger partial charge is 0.225 e. The number of carbonyl (C=O) groups excluding carboxylic acids is 1. The minimum atomic E-state index is -0.961. The van der Waals surface area contributed by atoms with Crippen LogP contribution in [0, 0.1) is 5.41 Å². The van der Waals surface area contributed by atoms with Gasteiger partial charge >= 0.3 is 0 Å². The molecule has 2 atom stereocenters. The molecule has 100 valence electrons. The van der Waals surface area contributed by atoms with Crippen LogP contribution in [0.4, 0.5) is 4.39 Å². The molecule has 0 aliphatic carbocycles. The quantitative estimate of drug-likeness (QED) is 0.805. The van der Waals surface area contributed by atoms with Crippen LogP contribution in [0.2, 0.25) is 0 Å². The van der Waals surface area contributed by atoms with E-state index >= 15 is 0 Å². The number of alkyl halides is 1. The maximum absolute atomic E-state index is 14.0. The first kappa shape index (κ1) is 14.4. The van der Waals surface area contributed by atoms with Gasteiger partial charge in [0.1, 0.15) is 6.17 Å². The molecule has 0 aromatic carbocycles. The molecule has 1 fully saturated rings. The van der Waals surface area contributed by atoms with E-state index in [4.69, 9.17) is 0 Å². The molecule has 1 saturated heterocycles. The predicted octanol–water partition coefficient (Wildman–Crippen LogP) is 1.97. The predicted molar refractivity (Wildman–Crippen MR) is 67.6 cm³/mol. The number of halogens is 1. The highest BCUT2D eigenvalue weighted by Crippen LogP contribution is 2.19. The van der Waals surface area contributed by atoms with Crippen molar-refractivity contribution in [2.75, 3.05) is 13.1 Å². The van der Waals surface area contributed by atoms with Crippen LogP contribution in [0.25, 0.3) is 0 Å². The molecule has 0 unspecified atom stereocenters. The number of nitrogens with zero attached hydrogens (tertiary/aromatic N) is 1. The van der Waals surface area contributed by atoms with Gasteiger partial charge in [0, 0.05) is 24.5 Å². The fraction of sp³-hybridized carbons (Fsp3) is 0.923. The third kappa shape index (κ3) is 3.95. The molecule has 0 bridgehead atoms. The van der Waals surface area contributed by atoms with Gasteiger partial charge in [-0.05, 0) is 20.3 Å². The van der Waals surface area contributed by atoms with Crippen LogP contribution >= 0.6 is 0 Å². The van der Waals surface area contributed by atoms with E-state index in [1.165, 1.54) is 0 Å². The molecule has 4 heteroatoms. The Bertz CT molecular complexity index is 273. The maximum Gasteiger partial charge on any atom is 0.225 e. The Hall–Kier alpha value is -0.640. The van der Waals surface area contributed by atoms with Crippen molar-refractivity contribution in [3.05, 3.63) is 0 Å². The van der Waals surface area contributed by atoms with Gasteiger partial charge < -0.3 is 5.32 Å². The molecule has 1 amide bonds.